The van der Waals surface area contributed by atoms with E-state index in [1.807, 2.05) is 17.2 Å². The lowest BCUT2D eigenvalue weighted by molar-refractivity contribution is -0.160. The summed E-state index contributed by atoms with van der Waals surface area (Å²) in [5.41, 5.74) is 2.42. The molecule has 1 aromatic carbocycles. The van der Waals surface area contributed by atoms with Crippen LogP contribution in [0.3, 0.4) is 0 Å². The van der Waals surface area contributed by atoms with Gasteiger partial charge in [0.1, 0.15) is 0 Å². The molecule has 0 aromatic heterocycles. The standard InChI is InChI=1S/C10H13NO3S/c1-12-11-6-5-8-3-4-9(7-10(8)11)15-14-13-2/h3-4,7H,5-6H2,1-2H3. The molecule has 0 spiro atoms. The van der Waals surface area contributed by atoms with Gasteiger partial charge in [-0.3, -0.25) is 9.90 Å². The third-order valence-electron chi connectivity index (χ3n) is 2.33. The van der Waals surface area contributed by atoms with Crippen LogP contribution in [0.1, 0.15) is 5.56 Å². The van der Waals surface area contributed by atoms with Gasteiger partial charge in [0.25, 0.3) is 0 Å². The third-order valence-corrected chi connectivity index (χ3v) is 2.98. The van der Waals surface area contributed by atoms with Crippen LogP contribution < -0.4 is 5.06 Å². The molecule has 1 aliphatic heterocycles. The monoisotopic (exact) mass is 227 g/mol. The molecule has 1 heterocycles. The van der Waals surface area contributed by atoms with Gasteiger partial charge in [-0.1, -0.05) is 6.07 Å². The number of rotatable bonds is 4. The topological polar surface area (TPSA) is 30.9 Å². The highest BCUT2D eigenvalue weighted by atomic mass is 32.2. The van der Waals surface area contributed by atoms with Crippen LogP contribution in [0.25, 0.3) is 0 Å². The Bertz CT molecular complexity index is 345. The second-order valence-electron chi connectivity index (χ2n) is 3.14. The van der Waals surface area contributed by atoms with Gasteiger partial charge < -0.3 is 0 Å². The summed E-state index contributed by atoms with van der Waals surface area (Å²) in [5.74, 6) is 0. The van der Waals surface area contributed by atoms with E-state index in [4.69, 9.17) is 9.17 Å². The van der Waals surface area contributed by atoms with Gasteiger partial charge in [0.05, 0.1) is 31.9 Å². The fraction of sp³-hybridized carbons (Fsp3) is 0.400. The summed E-state index contributed by atoms with van der Waals surface area (Å²) in [6.45, 7) is 0.908. The molecule has 2 rings (SSSR count). The minimum atomic E-state index is 0.908. The summed E-state index contributed by atoms with van der Waals surface area (Å²) in [6.07, 6.45) is 1.03. The summed E-state index contributed by atoms with van der Waals surface area (Å²) in [4.78, 5) is 10.8. The van der Waals surface area contributed by atoms with Gasteiger partial charge in [0.2, 0.25) is 0 Å². The van der Waals surface area contributed by atoms with Crippen LogP contribution in [0.4, 0.5) is 5.69 Å². The van der Waals surface area contributed by atoms with Crippen molar-refractivity contribution in [1.29, 1.82) is 0 Å². The minimum Gasteiger partial charge on any atom is -0.277 e. The van der Waals surface area contributed by atoms with Gasteiger partial charge in [-0.15, -0.1) is 0 Å². The lowest BCUT2D eigenvalue weighted by Crippen LogP contribution is -2.18. The Morgan fingerprint density at radius 3 is 2.93 bits per heavy atom. The summed E-state index contributed by atoms with van der Waals surface area (Å²) >= 11 is 1.19. The Kier molecular flexibility index (Phi) is 3.48. The molecule has 0 aliphatic carbocycles. The first kappa shape index (κ1) is 10.8. The number of fused-ring (bicyclic) bond motifs is 1. The van der Waals surface area contributed by atoms with E-state index in [1.165, 1.54) is 24.7 Å². The highest BCUT2D eigenvalue weighted by molar-refractivity contribution is 7.94. The predicted octanol–water partition coefficient (Wildman–Crippen LogP) is 2.20. The van der Waals surface area contributed by atoms with Gasteiger partial charge in [-0.25, -0.2) is 4.89 Å². The number of hydroxylamine groups is 1. The first-order chi connectivity index (χ1) is 7.35. The number of anilines is 1. The molecule has 0 unspecified atom stereocenters. The van der Waals surface area contributed by atoms with E-state index in [1.54, 1.807) is 7.11 Å². The van der Waals surface area contributed by atoms with Gasteiger partial charge >= 0.3 is 0 Å². The molecule has 0 amide bonds. The van der Waals surface area contributed by atoms with E-state index >= 15 is 0 Å². The Morgan fingerprint density at radius 1 is 1.33 bits per heavy atom. The quantitative estimate of drug-likeness (QED) is 0.447. The number of nitrogens with zero attached hydrogens (tertiary/aromatic N) is 1. The van der Waals surface area contributed by atoms with E-state index in [2.05, 4.69) is 11.0 Å². The maximum atomic E-state index is 5.25. The van der Waals surface area contributed by atoms with Gasteiger partial charge in [0.15, 0.2) is 0 Å². The smallest absolute Gasteiger partial charge is 0.0725 e. The van der Waals surface area contributed by atoms with Crippen LogP contribution in [0.5, 0.6) is 0 Å². The van der Waals surface area contributed by atoms with Crippen molar-refractivity contribution in [1.82, 2.24) is 0 Å². The van der Waals surface area contributed by atoms with Crippen molar-refractivity contribution in [3.63, 3.8) is 0 Å². The van der Waals surface area contributed by atoms with E-state index < -0.39 is 0 Å². The molecule has 0 saturated heterocycles. The number of hydrogen-bond donors (Lipinski definition) is 0. The van der Waals surface area contributed by atoms with E-state index in [0.29, 0.717) is 0 Å². The molecule has 82 valence electrons. The summed E-state index contributed by atoms with van der Waals surface area (Å²) in [7, 11) is 3.17. The molecule has 0 saturated carbocycles. The van der Waals surface area contributed by atoms with Crippen molar-refractivity contribution < 1.29 is 14.1 Å². The average Bonchev–Trinajstić information content (AvgIpc) is 2.68. The number of hydrogen-bond acceptors (Lipinski definition) is 5. The van der Waals surface area contributed by atoms with Crippen LogP contribution in [-0.4, -0.2) is 20.8 Å². The predicted molar refractivity (Wildman–Crippen MR) is 58.5 cm³/mol. The number of benzene rings is 1. The van der Waals surface area contributed by atoms with Crippen molar-refractivity contribution in [2.45, 2.75) is 11.3 Å². The Labute approximate surface area is 93.2 Å². The molecule has 0 fully saturated rings. The second-order valence-corrected chi connectivity index (χ2v) is 3.92. The zero-order valence-corrected chi connectivity index (χ0v) is 9.54. The first-order valence-electron chi connectivity index (χ1n) is 4.67. The van der Waals surface area contributed by atoms with Gasteiger partial charge in [0, 0.05) is 11.4 Å². The van der Waals surface area contributed by atoms with Crippen molar-refractivity contribution in [3.8, 4) is 0 Å². The lowest BCUT2D eigenvalue weighted by Gasteiger charge is -2.15. The SMILES string of the molecule is COOSc1ccc2c(c1)N(OC)CC2. The molecule has 0 bridgehead atoms. The molecular weight excluding hydrogens is 214 g/mol. The van der Waals surface area contributed by atoms with Gasteiger partial charge in [-0.2, -0.15) is 4.33 Å². The largest absolute Gasteiger partial charge is 0.277 e. The molecule has 4 nitrogen and oxygen atoms in total. The first-order valence-corrected chi connectivity index (χ1v) is 5.41. The maximum Gasteiger partial charge on any atom is 0.0725 e. The van der Waals surface area contributed by atoms with Gasteiger partial charge in [-0.05, 0) is 24.1 Å². The maximum absolute atomic E-state index is 5.25. The van der Waals surface area contributed by atoms with Crippen molar-refractivity contribution in [2.24, 2.45) is 0 Å². The molecule has 1 aromatic rings. The van der Waals surface area contributed by atoms with Crippen LogP contribution >= 0.6 is 12.0 Å². The van der Waals surface area contributed by atoms with Crippen LogP contribution in [0.2, 0.25) is 0 Å². The van der Waals surface area contributed by atoms with E-state index in [9.17, 15) is 0 Å². The average molecular weight is 227 g/mol. The third kappa shape index (κ3) is 2.26. The molecule has 5 heteroatoms. The zero-order chi connectivity index (χ0) is 10.7. The Morgan fingerprint density at radius 2 is 2.20 bits per heavy atom. The van der Waals surface area contributed by atoms with Crippen LogP contribution in [-0.2, 0) is 20.5 Å². The Balaban J connectivity index is 2.17. The summed E-state index contributed by atoms with van der Waals surface area (Å²) in [5, 5.41) is 1.88. The molecule has 1 aliphatic rings. The van der Waals surface area contributed by atoms with Crippen molar-refractivity contribution >= 4 is 17.7 Å². The molecule has 0 N–H and O–H groups in total. The van der Waals surface area contributed by atoms with E-state index in [-0.39, 0.29) is 0 Å². The molecule has 0 radical (unpaired) electrons. The highest BCUT2D eigenvalue weighted by Crippen LogP contribution is 2.32. The minimum absolute atomic E-state index is 0.908. The highest BCUT2D eigenvalue weighted by Gasteiger charge is 2.19. The van der Waals surface area contributed by atoms with Crippen LogP contribution in [0.15, 0.2) is 23.1 Å². The fourth-order valence-electron chi connectivity index (χ4n) is 1.64. The lowest BCUT2D eigenvalue weighted by atomic mass is 10.2. The van der Waals surface area contributed by atoms with Crippen LogP contribution in [0, 0.1) is 0 Å². The molecular formula is C10H13NO3S. The molecule has 15 heavy (non-hydrogen) atoms. The normalized spacial score (nSPS) is 14.4. The molecule has 0 atom stereocenters. The second kappa shape index (κ2) is 4.85. The van der Waals surface area contributed by atoms with E-state index in [0.717, 1.165) is 23.5 Å². The van der Waals surface area contributed by atoms with Crippen molar-refractivity contribution in [3.05, 3.63) is 23.8 Å². The van der Waals surface area contributed by atoms with Crippen molar-refractivity contribution in [2.75, 3.05) is 25.8 Å². The Hall–Kier alpha value is -0.750. The summed E-state index contributed by atoms with van der Waals surface area (Å²) < 4.78 is 4.81. The summed E-state index contributed by atoms with van der Waals surface area (Å²) in [6, 6.07) is 6.15. The zero-order valence-electron chi connectivity index (χ0n) is 8.73. The fourth-order valence-corrected chi connectivity index (χ4v) is 2.07.